The third-order valence-corrected chi connectivity index (χ3v) is 3.23. The second-order valence-electron chi connectivity index (χ2n) is 3.55. The third kappa shape index (κ3) is 2.85. The van der Waals surface area contributed by atoms with Crippen molar-refractivity contribution in [3.8, 4) is 0 Å². The molecule has 0 saturated heterocycles. The molecule has 17 heavy (non-hydrogen) atoms. The zero-order valence-electron chi connectivity index (χ0n) is 9.25. The van der Waals surface area contributed by atoms with Crippen LogP contribution in [0.5, 0.6) is 0 Å². The monoisotopic (exact) mass is 245 g/mol. The molecule has 1 heterocycles. The van der Waals surface area contributed by atoms with E-state index in [0.717, 1.165) is 15.5 Å². The number of carbonyl (C=O) groups is 1. The molecule has 0 aliphatic carbocycles. The molecule has 0 unspecified atom stereocenters. The lowest BCUT2D eigenvalue weighted by Gasteiger charge is -2.04. The molecular weight excluding hydrogens is 234 g/mol. The van der Waals surface area contributed by atoms with Crippen LogP contribution in [0.25, 0.3) is 0 Å². The average molecular weight is 245 g/mol. The Labute approximate surface area is 104 Å². The first-order valence-electron chi connectivity index (χ1n) is 5.09. The number of nitrogens with zero attached hydrogens (tertiary/aromatic N) is 1. The third-order valence-electron chi connectivity index (χ3n) is 2.29. The summed E-state index contributed by atoms with van der Waals surface area (Å²) in [5.74, 6) is -0.892. The normalized spacial score (nSPS) is 10.2. The summed E-state index contributed by atoms with van der Waals surface area (Å²) in [5.41, 5.74) is 1.11. The Morgan fingerprint density at radius 2 is 2.12 bits per heavy atom. The van der Waals surface area contributed by atoms with Gasteiger partial charge in [0, 0.05) is 11.1 Å². The maximum atomic E-state index is 10.9. The van der Waals surface area contributed by atoms with E-state index in [1.807, 2.05) is 24.3 Å². The number of pyridine rings is 1. The molecule has 0 fully saturated rings. The Morgan fingerprint density at radius 1 is 1.29 bits per heavy atom. The number of aryl methyl sites for hydroxylation is 1. The van der Waals surface area contributed by atoms with Crippen LogP contribution in [-0.4, -0.2) is 16.1 Å². The summed E-state index contributed by atoms with van der Waals surface area (Å²) < 4.78 is 0. The van der Waals surface area contributed by atoms with Crippen LogP contribution in [0.3, 0.4) is 0 Å². The van der Waals surface area contributed by atoms with Crippen LogP contribution in [-0.2, 0) is 0 Å². The van der Waals surface area contributed by atoms with Crippen LogP contribution in [0.1, 0.15) is 15.9 Å². The van der Waals surface area contributed by atoms with Crippen LogP contribution < -0.4 is 0 Å². The number of aromatic carboxylic acids is 1. The summed E-state index contributed by atoms with van der Waals surface area (Å²) in [6.07, 6.45) is 1.74. The molecule has 1 aromatic heterocycles. The highest BCUT2D eigenvalue weighted by Crippen LogP contribution is 2.27. The van der Waals surface area contributed by atoms with Crippen molar-refractivity contribution >= 4 is 17.7 Å². The molecule has 0 spiro atoms. The van der Waals surface area contributed by atoms with Crippen molar-refractivity contribution in [2.75, 3.05) is 0 Å². The maximum absolute atomic E-state index is 10.9. The number of rotatable bonds is 3. The topological polar surface area (TPSA) is 50.2 Å². The first-order valence-corrected chi connectivity index (χ1v) is 5.91. The van der Waals surface area contributed by atoms with Gasteiger partial charge in [0.1, 0.15) is 5.03 Å². The van der Waals surface area contributed by atoms with E-state index in [1.54, 1.807) is 25.3 Å². The van der Waals surface area contributed by atoms with Gasteiger partial charge in [-0.3, -0.25) is 0 Å². The Hall–Kier alpha value is -1.81. The fraction of sp³-hybridized carbons (Fsp3) is 0.0769. The molecular formula is C13H11NO2S. The second-order valence-corrected chi connectivity index (χ2v) is 4.65. The summed E-state index contributed by atoms with van der Waals surface area (Å²) in [4.78, 5) is 16.1. The van der Waals surface area contributed by atoms with Gasteiger partial charge < -0.3 is 5.11 Å². The predicted molar refractivity (Wildman–Crippen MR) is 66.5 cm³/mol. The Bertz CT molecular complexity index is 540. The number of hydrogen-bond donors (Lipinski definition) is 1. The fourth-order valence-electron chi connectivity index (χ4n) is 1.47. The summed E-state index contributed by atoms with van der Waals surface area (Å²) in [6.45, 7) is 1.80. The van der Waals surface area contributed by atoms with Crippen LogP contribution in [0, 0.1) is 6.92 Å². The van der Waals surface area contributed by atoms with Gasteiger partial charge in [-0.1, -0.05) is 17.8 Å². The SMILES string of the molecule is Cc1cc(Sc2ccccn2)ccc1C(=O)O. The van der Waals surface area contributed by atoms with Crippen LogP contribution in [0.4, 0.5) is 0 Å². The van der Waals surface area contributed by atoms with Gasteiger partial charge in [0.25, 0.3) is 0 Å². The van der Waals surface area contributed by atoms with E-state index in [2.05, 4.69) is 4.98 Å². The Kier molecular flexibility index (Phi) is 3.44. The number of hydrogen-bond acceptors (Lipinski definition) is 3. The molecule has 3 nitrogen and oxygen atoms in total. The molecule has 0 saturated carbocycles. The van der Waals surface area contributed by atoms with Crippen molar-refractivity contribution in [2.24, 2.45) is 0 Å². The average Bonchev–Trinajstić information content (AvgIpc) is 2.30. The highest BCUT2D eigenvalue weighted by molar-refractivity contribution is 7.99. The molecule has 0 amide bonds. The maximum Gasteiger partial charge on any atom is 0.335 e. The molecule has 0 aliphatic rings. The van der Waals surface area contributed by atoms with Crippen molar-refractivity contribution in [1.29, 1.82) is 0 Å². The fourth-order valence-corrected chi connectivity index (χ4v) is 2.34. The van der Waals surface area contributed by atoms with E-state index in [9.17, 15) is 4.79 Å². The van der Waals surface area contributed by atoms with Gasteiger partial charge in [0.05, 0.1) is 5.56 Å². The second kappa shape index (κ2) is 5.01. The van der Waals surface area contributed by atoms with Gasteiger partial charge in [0.15, 0.2) is 0 Å². The van der Waals surface area contributed by atoms with E-state index in [0.29, 0.717) is 5.56 Å². The molecule has 4 heteroatoms. The predicted octanol–water partition coefficient (Wildman–Crippen LogP) is 3.24. The minimum atomic E-state index is -0.892. The first-order chi connectivity index (χ1) is 8.16. The lowest BCUT2D eigenvalue weighted by Crippen LogP contribution is -1.99. The van der Waals surface area contributed by atoms with Gasteiger partial charge in [-0.25, -0.2) is 9.78 Å². The van der Waals surface area contributed by atoms with Crippen LogP contribution in [0.2, 0.25) is 0 Å². The van der Waals surface area contributed by atoms with E-state index < -0.39 is 5.97 Å². The van der Waals surface area contributed by atoms with Gasteiger partial charge in [-0.15, -0.1) is 0 Å². The molecule has 1 aromatic carbocycles. The number of carboxylic acid groups (broad SMARTS) is 1. The standard InChI is InChI=1S/C13H11NO2S/c1-9-8-10(5-6-11(9)13(15)16)17-12-4-2-3-7-14-12/h2-8H,1H3,(H,15,16). The largest absolute Gasteiger partial charge is 0.478 e. The molecule has 2 rings (SSSR count). The first kappa shape index (κ1) is 11.7. The highest BCUT2D eigenvalue weighted by atomic mass is 32.2. The number of carboxylic acids is 1. The molecule has 0 bridgehead atoms. The zero-order chi connectivity index (χ0) is 12.3. The van der Waals surface area contributed by atoms with E-state index in [1.165, 1.54) is 11.8 Å². The van der Waals surface area contributed by atoms with E-state index in [-0.39, 0.29) is 0 Å². The van der Waals surface area contributed by atoms with Crippen LogP contribution >= 0.6 is 11.8 Å². The molecule has 1 N–H and O–H groups in total. The lowest BCUT2D eigenvalue weighted by molar-refractivity contribution is 0.0696. The summed E-state index contributed by atoms with van der Waals surface area (Å²) in [5, 5.41) is 9.83. The lowest BCUT2D eigenvalue weighted by atomic mass is 10.1. The highest BCUT2D eigenvalue weighted by Gasteiger charge is 2.07. The van der Waals surface area contributed by atoms with Crippen molar-refractivity contribution in [1.82, 2.24) is 4.98 Å². The molecule has 2 aromatic rings. The minimum Gasteiger partial charge on any atom is -0.478 e. The summed E-state index contributed by atoms with van der Waals surface area (Å²) >= 11 is 1.52. The molecule has 86 valence electrons. The molecule has 0 atom stereocenters. The quantitative estimate of drug-likeness (QED) is 0.901. The zero-order valence-corrected chi connectivity index (χ0v) is 10.1. The summed E-state index contributed by atoms with van der Waals surface area (Å²) in [6, 6.07) is 11.0. The Morgan fingerprint density at radius 3 is 2.71 bits per heavy atom. The van der Waals surface area contributed by atoms with Crippen LogP contribution in [0.15, 0.2) is 52.5 Å². The smallest absolute Gasteiger partial charge is 0.335 e. The number of aromatic nitrogens is 1. The minimum absolute atomic E-state index is 0.343. The number of benzene rings is 1. The molecule has 0 radical (unpaired) electrons. The van der Waals surface area contributed by atoms with Gasteiger partial charge in [0.2, 0.25) is 0 Å². The van der Waals surface area contributed by atoms with E-state index in [4.69, 9.17) is 5.11 Å². The van der Waals surface area contributed by atoms with Crippen molar-refractivity contribution in [3.63, 3.8) is 0 Å². The van der Waals surface area contributed by atoms with Crippen molar-refractivity contribution < 1.29 is 9.90 Å². The van der Waals surface area contributed by atoms with Crippen molar-refractivity contribution in [2.45, 2.75) is 16.8 Å². The van der Waals surface area contributed by atoms with Gasteiger partial charge in [-0.2, -0.15) is 0 Å². The van der Waals surface area contributed by atoms with Gasteiger partial charge >= 0.3 is 5.97 Å². The molecule has 0 aliphatic heterocycles. The van der Waals surface area contributed by atoms with Crippen molar-refractivity contribution in [3.05, 3.63) is 53.7 Å². The Balaban J connectivity index is 2.24. The van der Waals surface area contributed by atoms with Gasteiger partial charge in [-0.05, 0) is 42.8 Å². The summed E-state index contributed by atoms with van der Waals surface area (Å²) in [7, 11) is 0. The van der Waals surface area contributed by atoms with E-state index >= 15 is 0 Å².